The van der Waals surface area contributed by atoms with Crippen molar-refractivity contribution in [1.82, 2.24) is 20.1 Å². The van der Waals surface area contributed by atoms with E-state index in [-0.39, 0.29) is 11.4 Å². The van der Waals surface area contributed by atoms with E-state index in [0.717, 1.165) is 38.3 Å². The van der Waals surface area contributed by atoms with Crippen LogP contribution < -0.4 is 5.32 Å². The highest BCUT2D eigenvalue weighted by molar-refractivity contribution is 5.73. The lowest BCUT2D eigenvalue weighted by Gasteiger charge is -2.43. The molecule has 120 valence electrons. The zero-order chi connectivity index (χ0) is 15.6. The van der Waals surface area contributed by atoms with Crippen LogP contribution >= 0.6 is 0 Å². The number of nitrogens with zero attached hydrogens (tertiary/aromatic N) is 3. The van der Waals surface area contributed by atoms with Crippen LogP contribution in [0.5, 0.6) is 0 Å². The molecular weight excluding hydrogens is 276 g/mol. The Morgan fingerprint density at radius 1 is 1.41 bits per heavy atom. The topological polar surface area (TPSA) is 48.5 Å². The van der Waals surface area contributed by atoms with Gasteiger partial charge in [-0.05, 0) is 38.4 Å². The van der Waals surface area contributed by atoms with Crippen molar-refractivity contribution in [3.05, 3.63) is 30.1 Å². The van der Waals surface area contributed by atoms with Gasteiger partial charge in [0.05, 0.1) is 5.69 Å². The van der Waals surface area contributed by atoms with Crippen molar-refractivity contribution in [2.75, 3.05) is 26.7 Å². The van der Waals surface area contributed by atoms with Gasteiger partial charge in [0, 0.05) is 50.9 Å². The fourth-order valence-corrected chi connectivity index (χ4v) is 4.02. The number of amides is 1. The van der Waals surface area contributed by atoms with Gasteiger partial charge in [0.25, 0.3) is 0 Å². The largest absolute Gasteiger partial charge is 0.352 e. The molecule has 1 amide bonds. The molecule has 3 heterocycles. The van der Waals surface area contributed by atoms with E-state index in [0.29, 0.717) is 6.04 Å². The first-order chi connectivity index (χ1) is 10.6. The first kappa shape index (κ1) is 15.4. The zero-order valence-corrected chi connectivity index (χ0v) is 13.6. The Bertz CT molecular complexity index is 511. The molecule has 1 unspecified atom stereocenters. The fraction of sp³-hybridized carbons (Fsp3) is 0.647. The molecule has 2 saturated heterocycles. The van der Waals surface area contributed by atoms with Gasteiger partial charge < -0.3 is 5.32 Å². The van der Waals surface area contributed by atoms with Gasteiger partial charge in [-0.25, -0.2) is 0 Å². The van der Waals surface area contributed by atoms with E-state index < -0.39 is 0 Å². The Morgan fingerprint density at radius 2 is 2.18 bits per heavy atom. The van der Waals surface area contributed by atoms with E-state index in [1.165, 1.54) is 12.8 Å². The third-order valence-electron chi connectivity index (χ3n) is 5.24. The minimum atomic E-state index is 0.0861. The number of nitrogens with one attached hydrogen (secondary N) is 1. The molecule has 1 atom stereocenters. The van der Waals surface area contributed by atoms with Crippen molar-refractivity contribution in [3.63, 3.8) is 0 Å². The van der Waals surface area contributed by atoms with Crippen LogP contribution in [0, 0.1) is 0 Å². The van der Waals surface area contributed by atoms with Crippen LogP contribution in [0.4, 0.5) is 0 Å². The highest BCUT2D eigenvalue weighted by Crippen LogP contribution is 2.37. The highest BCUT2D eigenvalue weighted by atomic mass is 16.1. The first-order valence-corrected chi connectivity index (χ1v) is 8.18. The molecule has 1 spiro atoms. The van der Waals surface area contributed by atoms with E-state index in [1.54, 1.807) is 6.92 Å². The van der Waals surface area contributed by atoms with E-state index in [9.17, 15) is 4.79 Å². The monoisotopic (exact) mass is 302 g/mol. The lowest BCUT2D eigenvalue weighted by molar-refractivity contribution is -0.119. The maximum atomic E-state index is 11.3. The van der Waals surface area contributed by atoms with Crippen LogP contribution in [-0.4, -0.2) is 59.0 Å². The quantitative estimate of drug-likeness (QED) is 0.913. The Morgan fingerprint density at radius 3 is 2.82 bits per heavy atom. The fourth-order valence-electron chi connectivity index (χ4n) is 4.02. The summed E-state index contributed by atoms with van der Waals surface area (Å²) in [4.78, 5) is 20.7. The minimum Gasteiger partial charge on any atom is -0.352 e. The van der Waals surface area contributed by atoms with Crippen LogP contribution in [0.1, 0.15) is 31.9 Å². The molecule has 0 saturated carbocycles. The van der Waals surface area contributed by atoms with E-state index in [4.69, 9.17) is 0 Å². The zero-order valence-electron chi connectivity index (χ0n) is 13.6. The summed E-state index contributed by atoms with van der Waals surface area (Å²) in [5.41, 5.74) is 1.42. The molecule has 1 N–H and O–H groups in total. The number of rotatable bonds is 3. The first-order valence-electron chi connectivity index (χ1n) is 8.18. The lowest BCUT2D eigenvalue weighted by Crippen LogP contribution is -2.50. The van der Waals surface area contributed by atoms with Gasteiger partial charge >= 0.3 is 0 Å². The van der Waals surface area contributed by atoms with Crippen molar-refractivity contribution >= 4 is 5.91 Å². The second-order valence-electron chi connectivity index (χ2n) is 6.80. The molecule has 0 radical (unpaired) electrons. The molecule has 0 bridgehead atoms. The van der Waals surface area contributed by atoms with E-state index in [2.05, 4.69) is 39.3 Å². The maximum Gasteiger partial charge on any atom is 0.217 e. The summed E-state index contributed by atoms with van der Waals surface area (Å²) in [5, 5.41) is 3.09. The van der Waals surface area contributed by atoms with Crippen LogP contribution in [-0.2, 0) is 11.3 Å². The summed E-state index contributed by atoms with van der Waals surface area (Å²) < 4.78 is 0. The molecule has 2 aliphatic rings. The van der Waals surface area contributed by atoms with Crippen LogP contribution in [0.2, 0.25) is 0 Å². The van der Waals surface area contributed by atoms with E-state index in [1.807, 2.05) is 12.3 Å². The minimum absolute atomic E-state index is 0.0861. The molecule has 5 heteroatoms. The van der Waals surface area contributed by atoms with Crippen LogP contribution in [0.25, 0.3) is 0 Å². The molecule has 22 heavy (non-hydrogen) atoms. The molecule has 0 aromatic carbocycles. The summed E-state index contributed by atoms with van der Waals surface area (Å²) >= 11 is 0. The summed E-state index contributed by atoms with van der Waals surface area (Å²) in [5.74, 6) is 0.0861. The maximum absolute atomic E-state index is 11.3. The third kappa shape index (κ3) is 3.31. The number of carbonyl (C=O) groups excluding carboxylic acids is 1. The lowest BCUT2D eigenvalue weighted by atomic mass is 9.84. The summed E-state index contributed by atoms with van der Waals surface area (Å²) in [6.07, 6.45) is 5.29. The number of aromatic nitrogens is 1. The number of pyridine rings is 1. The molecule has 1 aromatic rings. The summed E-state index contributed by atoms with van der Waals surface area (Å²) in [6, 6.07) is 6.42. The van der Waals surface area contributed by atoms with Crippen LogP contribution in [0.3, 0.4) is 0 Å². The SMILES string of the molecule is CC(=O)NC1CN(C)C2(CCN(Cc3ccccn3)CC2)C1. The Balaban J connectivity index is 1.56. The van der Waals surface area contributed by atoms with Gasteiger partial charge in [-0.3, -0.25) is 19.6 Å². The van der Waals surface area contributed by atoms with Gasteiger partial charge in [-0.1, -0.05) is 6.07 Å². The Kier molecular flexibility index (Phi) is 4.45. The van der Waals surface area contributed by atoms with Gasteiger partial charge in [0.2, 0.25) is 5.91 Å². The van der Waals surface area contributed by atoms with Gasteiger partial charge in [-0.15, -0.1) is 0 Å². The molecule has 0 aliphatic carbocycles. The smallest absolute Gasteiger partial charge is 0.217 e. The molecule has 3 rings (SSSR count). The number of likely N-dealkylation sites (N-methyl/N-ethyl adjacent to an activating group) is 1. The standard InChI is InChI=1S/C17H26N4O/c1-14(22)19-16-11-17(20(2)12-16)6-9-21(10-7-17)13-15-5-3-4-8-18-15/h3-5,8,16H,6-7,9-13H2,1-2H3,(H,19,22). The number of carbonyl (C=O) groups is 1. The van der Waals surface area contributed by atoms with Crippen LogP contribution in [0.15, 0.2) is 24.4 Å². The normalized spacial score (nSPS) is 25.5. The molecule has 2 fully saturated rings. The van der Waals surface area contributed by atoms with Gasteiger partial charge in [-0.2, -0.15) is 0 Å². The predicted octanol–water partition coefficient (Wildman–Crippen LogP) is 1.26. The predicted molar refractivity (Wildman–Crippen MR) is 86.3 cm³/mol. The Labute approximate surface area is 132 Å². The van der Waals surface area contributed by atoms with Crippen molar-refractivity contribution in [2.45, 2.75) is 44.3 Å². The number of piperidine rings is 1. The van der Waals surface area contributed by atoms with Crippen molar-refractivity contribution in [1.29, 1.82) is 0 Å². The van der Waals surface area contributed by atoms with Gasteiger partial charge in [0.15, 0.2) is 0 Å². The summed E-state index contributed by atoms with van der Waals surface area (Å²) in [7, 11) is 2.20. The van der Waals surface area contributed by atoms with Crippen molar-refractivity contribution in [3.8, 4) is 0 Å². The molecule has 1 aromatic heterocycles. The average Bonchev–Trinajstić information content (AvgIpc) is 2.78. The second kappa shape index (κ2) is 6.34. The third-order valence-corrected chi connectivity index (χ3v) is 5.24. The highest BCUT2D eigenvalue weighted by Gasteiger charge is 2.45. The molecule has 5 nitrogen and oxygen atoms in total. The second-order valence-corrected chi connectivity index (χ2v) is 6.80. The van der Waals surface area contributed by atoms with Crippen molar-refractivity contribution in [2.24, 2.45) is 0 Å². The number of likely N-dealkylation sites (tertiary alicyclic amines) is 2. The molecule has 2 aliphatic heterocycles. The molecular formula is C17H26N4O. The Hall–Kier alpha value is -1.46. The van der Waals surface area contributed by atoms with E-state index >= 15 is 0 Å². The van der Waals surface area contributed by atoms with Crippen molar-refractivity contribution < 1.29 is 4.79 Å². The summed E-state index contributed by atoms with van der Waals surface area (Å²) in [6.45, 7) is 5.73. The number of hydrogen-bond donors (Lipinski definition) is 1. The average molecular weight is 302 g/mol. The number of hydrogen-bond acceptors (Lipinski definition) is 4. The van der Waals surface area contributed by atoms with Gasteiger partial charge in [0.1, 0.15) is 0 Å².